The number of hydrogen-bond donors (Lipinski definition) is 1. The van der Waals surface area contributed by atoms with Crippen LogP contribution in [0.4, 0.5) is 5.69 Å². The summed E-state index contributed by atoms with van der Waals surface area (Å²) in [5.74, 6) is 0.875. The highest BCUT2D eigenvalue weighted by atomic mass is 32.2. The molecule has 2 nitrogen and oxygen atoms in total. The molecule has 0 unspecified atom stereocenters. The van der Waals surface area contributed by atoms with Gasteiger partial charge in [-0.3, -0.25) is 4.79 Å². The molecule has 3 rings (SSSR count). The maximum Gasteiger partial charge on any atom is 0.262 e. The van der Waals surface area contributed by atoms with Gasteiger partial charge in [0.05, 0.1) is 4.91 Å². The number of amides is 1. The Bertz CT molecular complexity index is 787. The van der Waals surface area contributed by atoms with Gasteiger partial charge in [0.25, 0.3) is 5.91 Å². The van der Waals surface area contributed by atoms with Crippen LogP contribution in [0.15, 0.2) is 23.1 Å². The van der Waals surface area contributed by atoms with Crippen molar-refractivity contribution in [1.29, 1.82) is 0 Å². The predicted molar refractivity (Wildman–Crippen MR) is 97.6 cm³/mol. The van der Waals surface area contributed by atoms with Crippen molar-refractivity contribution in [2.24, 2.45) is 0 Å². The topological polar surface area (TPSA) is 29.1 Å². The van der Waals surface area contributed by atoms with E-state index in [0.717, 1.165) is 16.3 Å². The first-order chi connectivity index (χ1) is 10.5. The lowest BCUT2D eigenvalue weighted by Crippen LogP contribution is -2.14. The van der Waals surface area contributed by atoms with Crippen molar-refractivity contribution in [2.75, 3.05) is 5.32 Å². The SMILES string of the molecule is Cc1ccc(NC(=O)C2=Cc3sc(C)c(C)c3CS2)cc1C. The molecule has 2 heterocycles. The van der Waals surface area contributed by atoms with Gasteiger partial charge in [0, 0.05) is 21.2 Å². The molecule has 1 aliphatic heterocycles. The quantitative estimate of drug-likeness (QED) is 0.819. The molecular formula is C18H19NOS2. The van der Waals surface area contributed by atoms with Crippen molar-refractivity contribution in [3.63, 3.8) is 0 Å². The lowest BCUT2D eigenvalue weighted by molar-refractivity contribution is -0.112. The Morgan fingerprint density at radius 2 is 1.91 bits per heavy atom. The number of nitrogens with one attached hydrogen (secondary N) is 1. The Morgan fingerprint density at radius 3 is 2.64 bits per heavy atom. The van der Waals surface area contributed by atoms with Crippen LogP contribution in [-0.2, 0) is 10.5 Å². The fraction of sp³-hybridized carbons (Fsp3) is 0.278. The minimum atomic E-state index is -0.0115. The van der Waals surface area contributed by atoms with Crippen molar-refractivity contribution in [3.05, 3.63) is 55.1 Å². The van der Waals surface area contributed by atoms with Crippen molar-refractivity contribution in [2.45, 2.75) is 33.4 Å². The van der Waals surface area contributed by atoms with Crippen LogP contribution in [0.1, 0.15) is 32.0 Å². The normalized spacial score (nSPS) is 13.5. The summed E-state index contributed by atoms with van der Waals surface area (Å²) in [6.45, 7) is 8.44. The minimum Gasteiger partial charge on any atom is -0.322 e. The number of aryl methyl sites for hydroxylation is 3. The molecule has 114 valence electrons. The second-order valence-corrected chi connectivity index (χ2v) is 7.95. The highest BCUT2D eigenvalue weighted by Crippen LogP contribution is 2.39. The van der Waals surface area contributed by atoms with Crippen LogP contribution in [0.25, 0.3) is 6.08 Å². The maximum absolute atomic E-state index is 12.5. The third-order valence-corrected chi connectivity index (χ3v) is 6.41. The molecule has 1 N–H and O–H groups in total. The summed E-state index contributed by atoms with van der Waals surface area (Å²) in [4.78, 5) is 15.8. The van der Waals surface area contributed by atoms with E-state index in [1.807, 2.05) is 24.3 Å². The van der Waals surface area contributed by atoms with Crippen LogP contribution in [-0.4, -0.2) is 5.91 Å². The van der Waals surface area contributed by atoms with Crippen LogP contribution < -0.4 is 5.32 Å². The third kappa shape index (κ3) is 2.85. The summed E-state index contributed by atoms with van der Waals surface area (Å²) in [6, 6.07) is 6.02. The van der Waals surface area contributed by atoms with Gasteiger partial charge >= 0.3 is 0 Å². The van der Waals surface area contributed by atoms with Crippen LogP contribution in [0.3, 0.4) is 0 Å². The van der Waals surface area contributed by atoms with E-state index in [1.54, 1.807) is 23.1 Å². The van der Waals surface area contributed by atoms with Gasteiger partial charge in [-0.1, -0.05) is 6.07 Å². The number of benzene rings is 1. The average molecular weight is 329 g/mol. The molecule has 1 aliphatic rings. The number of thioether (sulfide) groups is 1. The summed E-state index contributed by atoms with van der Waals surface area (Å²) >= 11 is 3.40. The Kier molecular flexibility index (Phi) is 4.15. The summed E-state index contributed by atoms with van der Waals surface area (Å²) < 4.78 is 0. The predicted octanol–water partition coefficient (Wildman–Crippen LogP) is 5.21. The number of hydrogen-bond acceptors (Lipinski definition) is 3. The number of anilines is 1. The van der Waals surface area contributed by atoms with E-state index in [-0.39, 0.29) is 5.91 Å². The van der Waals surface area contributed by atoms with Gasteiger partial charge in [-0.05, 0) is 68.2 Å². The molecule has 0 aliphatic carbocycles. The van der Waals surface area contributed by atoms with Gasteiger partial charge in [-0.15, -0.1) is 23.1 Å². The van der Waals surface area contributed by atoms with Crippen molar-refractivity contribution < 1.29 is 4.79 Å². The van der Waals surface area contributed by atoms with Gasteiger partial charge in [0.1, 0.15) is 0 Å². The van der Waals surface area contributed by atoms with Gasteiger partial charge in [0.15, 0.2) is 0 Å². The van der Waals surface area contributed by atoms with E-state index in [9.17, 15) is 4.79 Å². The van der Waals surface area contributed by atoms with E-state index >= 15 is 0 Å². The molecule has 0 atom stereocenters. The first-order valence-corrected chi connectivity index (χ1v) is 9.08. The molecule has 0 saturated heterocycles. The number of rotatable bonds is 2. The summed E-state index contributed by atoms with van der Waals surface area (Å²) in [5.41, 5.74) is 6.04. The Hall–Kier alpha value is -1.52. The monoisotopic (exact) mass is 329 g/mol. The van der Waals surface area contributed by atoms with Gasteiger partial charge < -0.3 is 5.32 Å². The third-order valence-electron chi connectivity index (χ3n) is 4.16. The van der Waals surface area contributed by atoms with E-state index in [4.69, 9.17) is 0 Å². The molecule has 0 bridgehead atoms. The molecule has 0 spiro atoms. The molecule has 0 radical (unpaired) electrons. The van der Waals surface area contributed by atoms with Crippen molar-refractivity contribution in [1.82, 2.24) is 0 Å². The molecule has 0 saturated carbocycles. The highest BCUT2D eigenvalue weighted by molar-refractivity contribution is 8.03. The van der Waals surface area contributed by atoms with Crippen molar-refractivity contribution >= 4 is 40.8 Å². The Labute approximate surface area is 139 Å². The standard InChI is InChI=1S/C18H19NOS2/c1-10-5-6-14(7-11(10)2)19-18(20)17-8-16-15(9-21-17)12(3)13(4)22-16/h5-8H,9H2,1-4H3,(H,19,20). The first kappa shape index (κ1) is 15.4. The second-order valence-electron chi connectivity index (χ2n) is 5.68. The van der Waals surface area contributed by atoms with Crippen LogP contribution in [0.5, 0.6) is 0 Å². The number of carbonyl (C=O) groups is 1. The van der Waals surface area contributed by atoms with E-state index in [1.165, 1.54) is 32.0 Å². The van der Waals surface area contributed by atoms with Gasteiger partial charge in [-0.25, -0.2) is 0 Å². The summed E-state index contributed by atoms with van der Waals surface area (Å²) in [6.07, 6.45) is 2.03. The maximum atomic E-state index is 12.5. The Morgan fingerprint density at radius 1 is 1.14 bits per heavy atom. The molecule has 1 aromatic heterocycles. The lowest BCUT2D eigenvalue weighted by atomic mass is 10.1. The zero-order valence-electron chi connectivity index (χ0n) is 13.2. The Balaban J connectivity index is 1.82. The molecule has 1 amide bonds. The van der Waals surface area contributed by atoms with E-state index in [0.29, 0.717) is 0 Å². The minimum absolute atomic E-state index is 0.0115. The first-order valence-electron chi connectivity index (χ1n) is 7.27. The summed E-state index contributed by atoms with van der Waals surface area (Å²) in [7, 11) is 0. The van der Waals surface area contributed by atoms with E-state index < -0.39 is 0 Å². The lowest BCUT2D eigenvalue weighted by Gasteiger charge is -2.14. The molecule has 0 fully saturated rings. The fourth-order valence-corrected chi connectivity index (χ4v) is 4.80. The highest BCUT2D eigenvalue weighted by Gasteiger charge is 2.21. The van der Waals surface area contributed by atoms with Crippen LogP contribution in [0.2, 0.25) is 0 Å². The number of thiophene rings is 1. The van der Waals surface area contributed by atoms with Crippen LogP contribution >= 0.6 is 23.1 Å². The largest absolute Gasteiger partial charge is 0.322 e. The molecule has 1 aromatic carbocycles. The van der Waals surface area contributed by atoms with Gasteiger partial charge in [-0.2, -0.15) is 0 Å². The average Bonchev–Trinajstić information content (AvgIpc) is 2.77. The zero-order valence-corrected chi connectivity index (χ0v) is 14.9. The second kappa shape index (κ2) is 5.94. The number of fused-ring (bicyclic) bond motifs is 1. The summed E-state index contributed by atoms with van der Waals surface area (Å²) in [5, 5.41) is 3.01. The van der Waals surface area contributed by atoms with Crippen molar-refractivity contribution in [3.8, 4) is 0 Å². The molecule has 2 aromatic rings. The smallest absolute Gasteiger partial charge is 0.262 e. The molecular weight excluding hydrogens is 310 g/mol. The molecule has 4 heteroatoms. The zero-order chi connectivity index (χ0) is 15.9. The molecule has 22 heavy (non-hydrogen) atoms. The van der Waals surface area contributed by atoms with E-state index in [2.05, 4.69) is 33.0 Å². The van der Waals surface area contributed by atoms with Crippen LogP contribution in [0, 0.1) is 27.7 Å². The van der Waals surface area contributed by atoms with Gasteiger partial charge in [0.2, 0.25) is 0 Å². The fourth-order valence-electron chi connectivity index (χ4n) is 2.45. The number of carbonyl (C=O) groups excluding carboxylic acids is 1.